The summed E-state index contributed by atoms with van der Waals surface area (Å²) in [5, 5.41) is 9.14. The molecule has 1 aromatic rings. The van der Waals surface area contributed by atoms with Crippen molar-refractivity contribution in [1.29, 1.82) is 0 Å². The van der Waals surface area contributed by atoms with E-state index >= 15 is 0 Å². The summed E-state index contributed by atoms with van der Waals surface area (Å²) in [5.41, 5.74) is -0.127. The summed E-state index contributed by atoms with van der Waals surface area (Å²) in [6.45, 7) is 1.80. The van der Waals surface area contributed by atoms with Crippen LogP contribution in [-0.4, -0.2) is 16.6 Å². The number of carboxylic acid groups (broad SMARTS) is 1. The minimum atomic E-state index is -1.08. The number of hydrogen-bond acceptors (Lipinski definition) is 2. The first-order valence-corrected chi connectivity index (χ1v) is 5.17. The predicted octanol–water partition coefficient (Wildman–Crippen LogP) is 2.21. The van der Waals surface area contributed by atoms with Gasteiger partial charge in [0, 0.05) is 6.42 Å². The second-order valence-electron chi connectivity index (χ2n) is 3.50. The number of hydrogen-bond donors (Lipinski definition) is 2. The lowest BCUT2D eigenvalue weighted by molar-refractivity contribution is -0.144. The Bertz CT molecular complexity index is 323. The molecule has 0 bridgehead atoms. The molecule has 0 aliphatic rings. The first-order valence-electron chi connectivity index (χ1n) is 4.80. The molecule has 0 aromatic heterocycles. The summed E-state index contributed by atoms with van der Waals surface area (Å²) in [6, 6.07) is 9.44. The predicted molar refractivity (Wildman–Crippen MR) is 59.8 cm³/mol. The van der Waals surface area contributed by atoms with Crippen molar-refractivity contribution in [3.8, 4) is 0 Å². The number of rotatable bonds is 5. The zero-order valence-corrected chi connectivity index (χ0v) is 9.29. The summed E-state index contributed by atoms with van der Waals surface area (Å²) in [5.74, 6) is -0.927. The van der Waals surface area contributed by atoms with Crippen molar-refractivity contribution in [3.63, 3.8) is 0 Å². The van der Waals surface area contributed by atoms with E-state index in [0.29, 0.717) is 12.8 Å². The highest BCUT2D eigenvalue weighted by Gasteiger charge is 2.36. The van der Waals surface area contributed by atoms with Crippen LogP contribution in [0.1, 0.15) is 18.9 Å². The number of aliphatic carboxylic acids is 1. The third kappa shape index (κ3) is 2.70. The summed E-state index contributed by atoms with van der Waals surface area (Å²) < 4.78 is 0. The molecule has 4 heteroatoms. The van der Waals surface area contributed by atoms with Gasteiger partial charge >= 0.3 is 5.97 Å². The quantitative estimate of drug-likeness (QED) is 0.759. The Balaban J connectivity index is 2.89. The van der Waals surface area contributed by atoms with E-state index in [0.717, 1.165) is 5.56 Å². The standard InChI is InChI=1S/C11H14ClNO2/c1-2-11(13-12,10(14)15)8-9-6-4-3-5-7-9/h3-7,13H,2,8H2,1H3,(H,14,15). The van der Waals surface area contributed by atoms with E-state index in [1.807, 2.05) is 30.3 Å². The number of halogens is 1. The molecule has 0 saturated heterocycles. The Morgan fingerprint density at radius 2 is 2.07 bits per heavy atom. The van der Waals surface area contributed by atoms with Crippen molar-refractivity contribution in [2.75, 3.05) is 0 Å². The van der Waals surface area contributed by atoms with Crippen LogP contribution in [0.5, 0.6) is 0 Å². The molecule has 0 heterocycles. The molecular formula is C11H14ClNO2. The van der Waals surface area contributed by atoms with Gasteiger partial charge < -0.3 is 5.11 Å². The Kier molecular flexibility index (Phi) is 4.12. The van der Waals surface area contributed by atoms with Crippen LogP contribution in [0.4, 0.5) is 0 Å². The third-order valence-electron chi connectivity index (χ3n) is 2.54. The number of carboxylic acids is 1. The molecule has 2 N–H and O–H groups in total. The lowest BCUT2D eigenvalue weighted by Gasteiger charge is -2.26. The molecule has 15 heavy (non-hydrogen) atoms. The van der Waals surface area contributed by atoms with Gasteiger partial charge in [-0.2, -0.15) is 0 Å². The van der Waals surface area contributed by atoms with E-state index in [4.69, 9.17) is 16.9 Å². The largest absolute Gasteiger partial charge is 0.480 e. The second kappa shape index (κ2) is 5.14. The first-order chi connectivity index (χ1) is 7.14. The molecule has 0 spiro atoms. The van der Waals surface area contributed by atoms with Crippen LogP contribution < -0.4 is 4.84 Å². The Morgan fingerprint density at radius 1 is 1.47 bits per heavy atom. The fraction of sp³-hybridized carbons (Fsp3) is 0.364. The average molecular weight is 228 g/mol. The first kappa shape index (κ1) is 12.0. The highest BCUT2D eigenvalue weighted by atomic mass is 35.5. The van der Waals surface area contributed by atoms with Gasteiger partial charge in [-0.25, -0.2) is 4.84 Å². The van der Waals surface area contributed by atoms with E-state index in [9.17, 15) is 4.79 Å². The molecule has 1 atom stereocenters. The zero-order valence-electron chi connectivity index (χ0n) is 8.53. The lowest BCUT2D eigenvalue weighted by Crippen LogP contribution is -2.49. The monoisotopic (exact) mass is 227 g/mol. The molecule has 1 aromatic carbocycles. The van der Waals surface area contributed by atoms with E-state index in [1.165, 1.54) is 0 Å². The SMILES string of the molecule is CCC(Cc1ccccc1)(NCl)C(=O)O. The zero-order chi connectivity index (χ0) is 11.3. The minimum absolute atomic E-state index is 0.378. The lowest BCUT2D eigenvalue weighted by atomic mass is 9.89. The fourth-order valence-corrected chi connectivity index (χ4v) is 1.72. The van der Waals surface area contributed by atoms with Gasteiger partial charge in [0.25, 0.3) is 0 Å². The topological polar surface area (TPSA) is 49.3 Å². The molecule has 82 valence electrons. The van der Waals surface area contributed by atoms with Gasteiger partial charge in [0.15, 0.2) is 0 Å². The second-order valence-corrected chi connectivity index (χ2v) is 3.69. The van der Waals surface area contributed by atoms with Crippen LogP contribution in [-0.2, 0) is 11.2 Å². The van der Waals surface area contributed by atoms with Crippen molar-refractivity contribution in [1.82, 2.24) is 4.84 Å². The summed E-state index contributed by atoms with van der Waals surface area (Å²) in [4.78, 5) is 13.5. The fourth-order valence-electron chi connectivity index (χ4n) is 1.44. The van der Waals surface area contributed by atoms with E-state index in [-0.39, 0.29) is 0 Å². The Labute approximate surface area is 94.2 Å². The van der Waals surface area contributed by atoms with E-state index < -0.39 is 11.5 Å². The van der Waals surface area contributed by atoms with Gasteiger partial charge in [0.1, 0.15) is 5.54 Å². The molecule has 0 aliphatic heterocycles. The van der Waals surface area contributed by atoms with Gasteiger partial charge in [-0.15, -0.1) is 0 Å². The van der Waals surface area contributed by atoms with Crippen molar-refractivity contribution in [3.05, 3.63) is 35.9 Å². The maximum Gasteiger partial charge on any atom is 0.325 e. The Hall–Kier alpha value is -1.06. The molecule has 0 aliphatic carbocycles. The van der Waals surface area contributed by atoms with Gasteiger partial charge in [-0.1, -0.05) is 37.3 Å². The van der Waals surface area contributed by atoms with Gasteiger partial charge in [-0.3, -0.25) is 4.79 Å². The van der Waals surface area contributed by atoms with Gasteiger partial charge in [0.05, 0.1) is 0 Å². The molecule has 0 fully saturated rings. The van der Waals surface area contributed by atoms with Crippen molar-refractivity contribution < 1.29 is 9.90 Å². The van der Waals surface area contributed by atoms with Crippen molar-refractivity contribution in [2.45, 2.75) is 25.3 Å². The molecule has 0 saturated carbocycles. The van der Waals surface area contributed by atoms with Gasteiger partial charge in [0.2, 0.25) is 0 Å². The molecule has 3 nitrogen and oxygen atoms in total. The smallest absolute Gasteiger partial charge is 0.325 e. The molecule has 1 unspecified atom stereocenters. The molecule has 0 amide bonds. The average Bonchev–Trinajstić information content (AvgIpc) is 2.27. The maximum absolute atomic E-state index is 11.1. The van der Waals surface area contributed by atoms with Crippen LogP contribution in [0, 0.1) is 0 Å². The number of benzene rings is 1. The summed E-state index contributed by atoms with van der Waals surface area (Å²) in [7, 11) is 0. The van der Waals surface area contributed by atoms with E-state index in [1.54, 1.807) is 6.92 Å². The molecular weight excluding hydrogens is 214 g/mol. The van der Waals surface area contributed by atoms with Crippen LogP contribution in [0.3, 0.4) is 0 Å². The van der Waals surface area contributed by atoms with Crippen LogP contribution in [0.25, 0.3) is 0 Å². The normalized spacial score (nSPS) is 14.5. The van der Waals surface area contributed by atoms with Crippen LogP contribution >= 0.6 is 11.8 Å². The number of carbonyl (C=O) groups is 1. The van der Waals surface area contributed by atoms with Crippen molar-refractivity contribution in [2.24, 2.45) is 0 Å². The van der Waals surface area contributed by atoms with E-state index in [2.05, 4.69) is 4.84 Å². The number of nitrogens with one attached hydrogen (secondary N) is 1. The summed E-state index contributed by atoms with van der Waals surface area (Å²) in [6.07, 6.45) is 0.809. The third-order valence-corrected chi connectivity index (χ3v) is 2.90. The molecule has 1 rings (SSSR count). The van der Waals surface area contributed by atoms with Crippen LogP contribution in [0.2, 0.25) is 0 Å². The highest BCUT2D eigenvalue weighted by molar-refractivity contribution is 6.15. The van der Waals surface area contributed by atoms with Crippen LogP contribution in [0.15, 0.2) is 30.3 Å². The highest BCUT2D eigenvalue weighted by Crippen LogP contribution is 2.18. The maximum atomic E-state index is 11.1. The van der Waals surface area contributed by atoms with Crippen molar-refractivity contribution >= 4 is 17.7 Å². The van der Waals surface area contributed by atoms with Gasteiger partial charge in [-0.05, 0) is 23.8 Å². The molecule has 0 radical (unpaired) electrons. The minimum Gasteiger partial charge on any atom is -0.480 e. The summed E-state index contributed by atoms with van der Waals surface area (Å²) >= 11 is 5.54. The Morgan fingerprint density at radius 3 is 2.47 bits per heavy atom.